The summed E-state index contributed by atoms with van der Waals surface area (Å²) < 4.78 is 0. The first-order valence-corrected chi connectivity index (χ1v) is 6.03. The van der Waals surface area contributed by atoms with Gasteiger partial charge >= 0.3 is 0 Å². The van der Waals surface area contributed by atoms with Gasteiger partial charge in [0.05, 0.1) is 12.5 Å². The minimum Gasteiger partial charge on any atom is -0.358 e. The maximum atomic E-state index is 8.62. The molecule has 0 spiro atoms. The molecule has 0 atom stereocenters. The average molecular weight is 256 g/mol. The third-order valence-corrected chi connectivity index (χ3v) is 2.64. The second-order valence-electron chi connectivity index (χ2n) is 4.20. The van der Waals surface area contributed by atoms with Crippen LogP contribution < -0.4 is 10.2 Å². The van der Waals surface area contributed by atoms with Crippen molar-refractivity contribution in [3.8, 4) is 6.07 Å². The number of anilines is 3. The van der Waals surface area contributed by atoms with Gasteiger partial charge in [-0.1, -0.05) is 0 Å². The first-order chi connectivity index (χ1) is 9.19. The highest BCUT2D eigenvalue weighted by molar-refractivity contribution is 5.56. The van der Waals surface area contributed by atoms with Crippen LogP contribution >= 0.6 is 0 Å². The maximum absolute atomic E-state index is 8.62. The summed E-state index contributed by atoms with van der Waals surface area (Å²) in [5, 5.41) is 11.8. The van der Waals surface area contributed by atoms with Gasteiger partial charge in [0.25, 0.3) is 0 Å². The Hall–Kier alpha value is -2.55. The molecule has 2 heterocycles. The first-order valence-electron chi connectivity index (χ1n) is 6.03. The van der Waals surface area contributed by atoms with Gasteiger partial charge in [0.15, 0.2) is 0 Å². The number of H-pyrrole nitrogens is 1. The van der Waals surface area contributed by atoms with Crippen LogP contribution in [-0.4, -0.2) is 28.5 Å². The van der Waals surface area contributed by atoms with E-state index < -0.39 is 0 Å². The molecule has 0 bridgehead atoms. The molecule has 6 nitrogen and oxygen atoms in total. The van der Waals surface area contributed by atoms with E-state index >= 15 is 0 Å². The van der Waals surface area contributed by atoms with Crippen molar-refractivity contribution in [3.63, 3.8) is 0 Å². The Bertz CT molecular complexity index is 569. The van der Waals surface area contributed by atoms with Gasteiger partial charge < -0.3 is 15.2 Å². The molecular formula is C13H16N6. The minimum absolute atomic E-state index is 0.471. The standard InChI is InChI=1S/C13H16N6/c1-10-16-12(18-11-5-3-7-15-11)9-13(17-10)19(2)8-4-6-14/h3,5,7,9,15H,4,8H2,1-2H3,(H,16,17,18). The van der Waals surface area contributed by atoms with Crippen molar-refractivity contribution in [2.24, 2.45) is 0 Å². The van der Waals surface area contributed by atoms with E-state index in [0.29, 0.717) is 18.8 Å². The first kappa shape index (κ1) is 12.9. The summed E-state index contributed by atoms with van der Waals surface area (Å²) in [4.78, 5) is 13.7. The quantitative estimate of drug-likeness (QED) is 0.857. The number of hydrogen-bond donors (Lipinski definition) is 2. The zero-order chi connectivity index (χ0) is 13.7. The SMILES string of the molecule is Cc1nc(Nc2ccc[nH]2)cc(N(C)CCC#N)n1. The van der Waals surface area contributed by atoms with Crippen molar-refractivity contribution >= 4 is 17.5 Å². The van der Waals surface area contributed by atoms with E-state index in [0.717, 1.165) is 17.5 Å². The molecule has 0 aromatic carbocycles. The summed E-state index contributed by atoms with van der Waals surface area (Å²) in [7, 11) is 1.91. The van der Waals surface area contributed by atoms with Crippen molar-refractivity contribution < 1.29 is 0 Å². The summed E-state index contributed by atoms with van der Waals surface area (Å²) in [5.74, 6) is 3.10. The van der Waals surface area contributed by atoms with Gasteiger partial charge in [-0.25, -0.2) is 9.97 Å². The van der Waals surface area contributed by atoms with Crippen LogP contribution in [0.4, 0.5) is 17.5 Å². The predicted octanol–water partition coefficient (Wildman–Crippen LogP) is 2.21. The summed E-state index contributed by atoms with van der Waals surface area (Å²) in [6, 6.07) is 7.83. The van der Waals surface area contributed by atoms with E-state index in [2.05, 4.69) is 26.3 Å². The van der Waals surface area contributed by atoms with Crippen molar-refractivity contribution in [1.29, 1.82) is 5.26 Å². The molecule has 0 aliphatic rings. The highest BCUT2D eigenvalue weighted by Gasteiger charge is 2.07. The highest BCUT2D eigenvalue weighted by atomic mass is 15.2. The summed E-state index contributed by atoms with van der Waals surface area (Å²) >= 11 is 0. The molecule has 0 aliphatic heterocycles. The van der Waals surface area contributed by atoms with Crippen molar-refractivity contribution in [2.45, 2.75) is 13.3 Å². The molecular weight excluding hydrogens is 240 g/mol. The van der Waals surface area contributed by atoms with Crippen LogP contribution in [0.1, 0.15) is 12.2 Å². The summed E-state index contributed by atoms with van der Waals surface area (Å²) in [6.07, 6.45) is 2.31. The Labute approximate surface area is 112 Å². The molecule has 19 heavy (non-hydrogen) atoms. The number of nitriles is 1. The molecule has 2 N–H and O–H groups in total. The fraction of sp³-hybridized carbons (Fsp3) is 0.308. The Kier molecular flexibility index (Phi) is 3.98. The minimum atomic E-state index is 0.471. The van der Waals surface area contributed by atoms with Crippen LogP contribution in [-0.2, 0) is 0 Å². The molecule has 98 valence electrons. The summed E-state index contributed by atoms with van der Waals surface area (Å²) in [5.41, 5.74) is 0. The third-order valence-electron chi connectivity index (χ3n) is 2.64. The second-order valence-corrected chi connectivity index (χ2v) is 4.20. The number of aromatic amines is 1. The van der Waals surface area contributed by atoms with E-state index in [1.54, 1.807) is 0 Å². The molecule has 0 saturated heterocycles. The zero-order valence-corrected chi connectivity index (χ0v) is 11.0. The molecule has 2 aromatic heterocycles. The average Bonchev–Trinajstić information content (AvgIpc) is 2.88. The summed E-state index contributed by atoms with van der Waals surface area (Å²) in [6.45, 7) is 2.50. The van der Waals surface area contributed by atoms with Gasteiger partial charge in [-0.15, -0.1) is 0 Å². The number of hydrogen-bond acceptors (Lipinski definition) is 5. The van der Waals surface area contributed by atoms with Gasteiger partial charge in [0.1, 0.15) is 23.3 Å². The Morgan fingerprint density at radius 1 is 1.47 bits per heavy atom. The number of rotatable bonds is 5. The molecule has 0 fully saturated rings. The molecule has 0 saturated carbocycles. The van der Waals surface area contributed by atoms with Gasteiger partial charge in [0.2, 0.25) is 0 Å². The number of nitrogens with zero attached hydrogens (tertiary/aromatic N) is 4. The van der Waals surface area contributed by atoms with Gasteiger partial charge in [0, 0.05) is 25.9 Å². The maximum Gasteiger partial charge on any atom is 0.137 e. The van der Waals surface area contributed by atoms with E-state index in [1.807, 2.05) is 43.3 Å². The zero-order valence-electron chi connectivity index (χ0n) is 11.0. The van der Waals surface area contributed by atoms with E-state index in [1.165, 1.54) is 0 Å². The van der Waals surface area contributed by atoms with Crippen LogP contribution in [0.15, 0.2) is 24.4 Å². The lowest BCUT2D eigenvalue weighted by Gasteiger charge is -2.17. The number of aromatic nitrogens is 3. The van der Waals surface area contributed by atoms with Gasteiger partial charge in [-0.3, -0.25) is 0 Å². The largest absolute Gasteiger partial charge is 0.358 e. The van der Waals surface area contributed by atoms with Crippen molar-refractivity contribution in [3.05, 3.63) is 30.2 Å². The number of aryl methyl sites for hydroxylation is 1. The highest BCUT2D eigenvalue weighted by Crippen LogP contribution is 2.18. The predicted molar refractivity (Wildman–Crippen MR) is 74.3 cm³/mol. The van der Waals surface area contributed by atoms with Gasteiger partial charge in [-0.2, -0.15) is 5.26 Å². The lowest BCUT2D eigenvalue weighted by Crippen LogP contribution is -2.20. The van der Waals surface area contributed by atoms with Crippen LogP contribution in [0.2, 0.25) is 0 Å². The van der Waals surface area contributed by atoms with Crippen molar-refractivity contribution in [1.82, 2.24) is 15.0 Å². The fourth-order valence-electron chi connectivity index (χ4n) is 1.69. The van der Waals surface area contributed by atoms with Crippen LogP contribution in [0.5, 0.6) is 0 Å². The van der Waals surface area contributed by atoms with E-state index in [-0.39, 0.29) is 0 Å². The normalized spacial score (nSPS) is 9.95. The molecule has 0 radical (unpaired) electrons. The Morgan fingerprint density at radius 2 is 2.32 bits per heavy atom. The fourth-order valence-corrected chi connectivity index (χ4v) is 1.69. The Balaban J connectivity index is 2.17. The molecule has 0 aliphatic carbocycles. The monoisotopic (exact) mass is 256 g/mol. The smallest absolute Gasteiger partial charge is 0.137 e. The number of nitrogens with one attached hydrogen (secondary N) is 2. The third kappa shape index (κ3) is 3.45. The lowest BCUT2D eigenvalue weighted by molar-refractivity contribution is 0.871. The molecule has 0 unspecified atom stereocenters. The lowest BCUT2D eigenvalue weighted by atomic mass is 10.4. The molecule has 0 amide bonds. The van der Waals surface area contributed by atoms with Gasteiger partial charge in [-0.05, 0) is 19.1 Å². The van der Waals surface area contributed by atoms with E-state index in [4.69, 9.17) is 5.26 Å². The van der Waals surface area contributed by atoms with Crippen molar-refractivity contribution in [2.75, 3.05) is 23.8 Å². The topological polar surface area (TPSA) is 80.6 Å². The molecule has 6 heteroatoms. The van der Waals surface area contributed by atoms with E-state index in [9.17, 15) is 0 Å². The van der Waals surface area contributed by atoms with Crippen LogP contribution in [0.25, 0.3) is 0 Å². The second kappa shape index (κ2) is 5.87. The van der Waals surface area contributed by atoms with Crippen LogP contribution in [0, 0.1) is 18.3 Å². The Morgan fingerprint density at radius 3 is 3.00 bits per heavy atom. The molecule has 2 rings (SSSR count). The van der Waals surface area contributed by atoms with Crippen LogP contribution in [0.3, 0.4) is 0 Å². The molecule has 2 aromatic rings.